The van der Waals surface area contributed by atoms with E-state index in [1.54, 1.807) is 25.2 Å². The van der Waals surface area contributed by atoms with Crippen LogP contribution in [0.5, 0.6) is 0 Å². The van der Waals surface area contributed by atoms with E-state index < -0.39 is 10.0 Å². The van der Waals surface area contributed by atoms with Crippen LogP contribution in [0.3, 0.4) is 0 Å². The lowest BCUT2D eigenvalue weighted by atomic mass is 10.3. The number of anilines is 1. The molecule has 6 nitrogen and oxygen atoms in total. The van der Waals surface area contributed by atoms with Crippen molar-refractivity contribution in [1.29, 1.82) is 0 Å². The van der Waals surface area contributed by atoms with Gasteiger partial charge in [0.05, 0.1) is 12.2 Å². The molecule has 1 aromatic rings. The molecule has 0 heterocycles. The predicted octanol–water partition coefficient (Wildman–Crippen LogP) is 0.285. The van der Waals surface area contributed by atoms with Crippen molar-refractivity contribution < 1.29 is 13.2 Å². The van der Waals surface area contributed by atoms with Crippen molar-refractivity contribution in [3.8, 4) is 0 Å². The normalized spacial score (nSPS) is 15.0. The Morgan fingerprint density at radius 2 is 2.00 bits per heavy atom. The Labute approximate surface area is 112 Å². The van der Waals surface area contributed by atoms with Crippen molar-refractivity contribution in [2.75, 3.05) is 18.9 Å². The summed E-state index contributed by atoms with van der Waals surface area (Å²) >= 11 is 0. The van der Waals surface area contributed by atoms with Gasteiger partial charge in [0.15, 0.2) is 0 Å². The van der Waals surface area contributed by atoms with E-state index >= 15 is 0 Å². The third kappa shape index (κ3) is 3.68. The van der Waals surface area contributed by atoms with Gasteiger partial charge in [-0.15, -0.1) is 0 Å². The Morgan fingerprint density at radius 3 is 2.63 bits per heavy atom. The molecular weight excluding hydrogens is 266 g/mol. The summed E-state index contributed by atoms with van der Waals surface area (Å²) in [6, 6.07) is 6.76. The van der Waals surface area contributed by atoms with Gasteiger partial charge in [0.2, 0.25) is 15.9 Å². The molecule has 3 N–H and O–H groups in total. The van der Waals surface area contributed by atoms with E-state index in [0.29, 0.717) is 5.69 Å². The Morgan fingerprint density at radius 1 is 1.32 bits per heavy atom. The summed E-state index contributed by atoms with van der Waals surface area (Å²) in [5, 5.41) is 5.54. The second kappa shape index (κ2) is 5.58. The van der Waals surface area contributed by atoms with E-state index in [0.717, 1.165) is 12.8 Å². The Kier molecular flexibility index (Phi) is 4.06. The molecule has 2 rings (SSSR count). The molecular formula is C12H17N3O3S. The molecule has 0 aliphatic heterocycles. The maximum atomic E-state index is 12.1. The summed E-state index contributed by atoms with van der Waals surface area (Å²) in [6.07, 6.45) is 1.95. The second-order valence-corrected chi connectivity index (χ2v) is 6.15. The third-order valence-corrected chi connectivity index (χ3v) is 4.27. The van der Waals surface area contributed by atoms with Crippen LogP contribution in [0.2, 0.25) is 0 Å². The number of para-hydroxylation sites is 1. The molecule has 0 saturated heterocycles. The zero-order chi connectivity index (χ0) is 13.9. The number of hydrogen-bond donors (Lipinski definition) is 3. The topological polar surface area (TPSA) is 87.3 Å². The summed E-state index contributed by atoms with van der Waals surface area (Å²) in [5.41, 5.74) is 0.498. The summed E-state index contributed by atoms with van der Waals surface area (Å²) in [6.45, 7) is -0.239. The SMILES string of the molecule is CNc1ccccc1S(=O)(=O)NCC(=O)NC1CC1. The molecule has 1 fully saturated rings. The van der Waals surface area contributed by atoms with E-state index in [1.807, 2.05) is 0 Å². The maximum Gasteiger partial charge on any atom is 0.243 e. The van der Waals surface area contributed by atoms with Gasteiger partial charge in [-0.05, 0) is 25.0 Å². The number of carbonyl (C=O) groups excluding carboxylic acids is 1. The van der Waals surface area contributed by atoms with Gasteiger partial charge < -0.3 is 10.6 Å². The highest BCUT2D eigenvalue weighted by atomic mass is 32.2. The second-order valence-electron chi connectivity index (χ2n) is 4.41. The fourth-order valence-corrected chi connectivity index (χ4v) is 2.85. The monoisotopic (exact) mass is 283 g/mol. The Bertz CT molecular complexity index is 567. The molecule has 0 aromatic heterocycles. The van der Waals surface area contributed by atoms with Crippen LogP contribution in [-0.2, 0) is 14.8 Å². The lowest BCUT2D eigenvalue weighted by Gasteiger charge is -2.11. The van der Waals surface area contributed by atoms with Gasteiger partial charge in [-0.1, -0.05) is 12.1 Å². The van der Waals surface area contributed by atoms with Gasteiger partial charge in [-0.25, -0.2) is 13.1 Å². The molecule has 0 unspecified atom stereocenters. The molecule has 0 spiro atoms. The van der Waals surface area contributed by atoms with Gasteiger partial charge >= 0.3 is 0 Å². The molecule has 19 heavy (non-hydrogen) atoms. The van der Waals surface area contributed by atoms with Crippen molar-refractivity contribution in [2.24, 2.45) is 0 Å². The lowest BCUT2D eigenvalue weighted by Crippen LogP contribution is -2.37. The Hall–Kier alpha value is -1.60. The summed E-state index contributed by atoms with van der Waals surface area (Å²) in [5.74, 6) is -0.298. The highest BCUT2D eigenvalue weighted by Gasteiger charge is 2.24. The van der Waals surface area contributed by atoms with Crippen LogP contribution >= 0.6 is 0 Å². The first-order valence-corrected chi connectivity index (χ1v) is 7.57. The average molecular weight is 283 g/mol. The van der Waals surface area contributed by atoms with Crippen molar-refractivity contribution in [2.45, 2.75) is 23.8 Å². The summed E-state index contributed by atoms with van der Waals surface area (Å²) < 4.78 is 26.5. The number of carbonyl (C=O) groups is 1. The van der Waals surface area contributed by atoms with Crippen LogP contribution in [0.4, 0.5) is 5.69 Å². The molecule has 1 saturated carbocycles. The summed E-state index contributed by atoms with van der Waals surface area (Å²) in [7, 11) is -2.04. The molecule has 1 aliphatic rings. The van der Waals surface area contributed by atoms with Crippen molar-refractivity contribution in [3.63, 3.8) is 0 Å². The minimum absolute atomic E-state index is 0.136. The lowest BCUT2D eigenvalue weighted by molar-refractivity contribution is -0.120. The van der Waals surface area contributed by atoms with Gasteiger partial charge in [0.25, 0.3) is 0 Å². The van der Waals surface area contributed by atoms with Crippen LogP contribution < -0.4 is 15.4 Å². The van der Waals surface area contributed by atoms with Crippen molar-refractivity contribution in [3.05, 3.63) is 24.3 Å². The van der Waals surface area contributed by atoms with E-state index in [-0.39, 0.29) is 23.4 Å². The minimum Gasteiger partial charge on any atom is -0.387 e. The van der Waals surface area contributed by atoms with Gasteiger partial charge in [-0.3, -0.25) is 4.79 Å². The number of hydrogen-bond acceptors (Lipinski definition) is 4. The smallest absolute Gasteiger partial charge is 0.243 e. The first kappa shape index (κ1) is 13.8. The van der Waals surface area contributed by atoms with Gasteiger partial charge in [0, 0.05) is 13.1 Å². The average Bonchev–Trinajstić information content (AvgIpc) is 3.20. The first-order chi connectivity index (χ1) is 9.03. The van der Waals surface area contributed by atoms with Crippen molar-refractivity contribution in [1.82, 2.24) is 10.0 Å². The molecule has 1 amide bonds. The minimum atomic E-state index is -3.69. The van der Waals surface area contributed by atoms with Crippen LogP contribution in [0.15, 0.2) is 29.2 Å². The number of nitrogens with one attached hydrogen (secondary N) is 3. The van der Waals surface area contributed by atoms with Crippen LogP contribution in [0.25, 0.3) is 0 Å². The fraction of sp³-hybridized carbons (Fsp3) is 0.417. The van der Waals surface area contributed by atoms with E-state index in [9.17, 15) is 13.2 Å². The molecule has 0 bridgehead atoms. The third-order valence-electron chi connectivity index (χ3n) is 2.81. The predicted molar refractivity (Wildman–Crippen MR) is 72.3 cm³/mol. The number of rotatable bonds is 6. The molecule has 7 heteroatoms. The molecule has 1 aliphatic carbocycles. The van der Waals surface area contributed by atoms with Crippen LogP contribution in [0, 0.1) is 0 Å². The standard InChI is InChI=1S/C12H17N3O3S/c1-13-10-4-2-3-5-11(10)19(17,18)14-8-12(16)15-9-6-7-9/h2-5,9,13-14H,6-8H2,1H3,(H,15,16). The molecule has 0 radical (unpaired) electrons. The zero-order valence-electron chi connectivity index (χ0n) is 10.6. The maximum absolute atomic E-state index is 12.1. The number of benzene rings is 1. The highest BCUT2D eigenvalue weighted by Crippen LogP contribution is 2.20. The van der Waals surface area contributed by atoms with Crippen LogP contribution in [0.1, 0.15) is 12.8 Å². The van der Waals surface area contributed by atoms with Gasteiger partial charge in [-0.2, -0.15) is 0 Å². The van der Waals surface area contributed by atoms with E-state index in [2.05, 4.69) is 15.4 Å². The molecule has 104 valence electrons. The molecule has 1 aromatic carbocycles. The fourth-order valence-electron chi connectivity index (χ4n) is 1.65. The number of amides is 1. The van der Waals surface area contributed by atoms with Crippen LogP contribution in [-0.4, -0.2) is 34.0 Å². The first-order valence-electron chi connectivity index (χ1n) is 6.09. The quantitative estimate of drug-likeness (QED) is 0.700. The van der Waals surface area contributed by atoms with E-state index in [4.69, 9.17) is 0 Å². The highest BCUT2D eigenvalue weighted by molar-refractivity contribution is 7.89. The zero-order valence-corrected chi connectivity index (χ0v) is 11.5. The summed E-state index contributed by atoms with van der Waals surface area (Å²) in [4.78, 5) is 11.6. The van der Waals surface area contributed by atoms with E-state index in [1.165, 1.54) is 6.07 Å². The number of sulfonamides is 1. The van der Waals surface area contributed by atoms with Crippen molar-refractivity contribution >= 4 is 21.6 Å². The van der Waals surface area contributed by atoms with Gasteiger partial charge in [0.1, 0.15) is 4.90 Å². The molecule has 0 atom stereocenters. The Balaban J connectivity index is 2.02. The largest absolute Gasteiger partial charge is 0.387 e.